The molecule has 0 saturated carbocycles. The van der Waals surface area contributed by atoms with Gasteiger partial charge < -0.3 is 15.9 Å². The van der Waals surface area contributed by atoms with Crippen LogP contribution in [0.4, 0.5) is 0 Å². The molecule has 0 radical (unpaired) electrons. The van der Waals surface area contributed by atoms with Crippen LogP contribution in [0.15, 0.2) is 0 Å². The maximum atomic E-state index is 10.1. The molecule has 4 N–H and O–H groups in total. The maximum absolute atomic E-state index is 10.1. The minimum absolute atomic E-state index is 0.172. The lowest BCUT2D eigenvalue weighted by molar-refractivity contribution is -0.137. The molecule has 72 valence electrons. The summed E-state index contributed by atoms with van der Waals surface area (Å²) in [7, 11) is 0. The molecule has 2 atom stereocenters. The number of aliphatic hydroxyl groups excluding tert-OH is 1. The van der Waals surface area contributed by atoms with Crippen LogP contribution >= 0.6 is 0 Å². The van der Waals surface area contributed by atoms with Crippen LogP contribution in [-0.2, 0) is 4.79 Å². The van der Waals surface area contributed by atoms with Crippen molar-refractivity contribution < 1.29 is 15.0 Å². The van der Waals surface area contributed by atoms with Crippen molar-refractivity contribution in [2.45, 2.75) is 44.8 Å². The molecular formula is C8H17NO3. The van der Waals surface area contributed by atoms with Gasteiger partial charge in [-0.3, -0.25) is 4.79 Å². The summed E-state index contributed by atoms with van der Waals surface area (Å²) in [5, 5.41) is 17.5. The Morgan fingerprint density at radius 3 is 2.50 bits per heavy atom. The molecule has 0 aliphatic carbocycles. The first-order valence-electron chi connectivity index (χ1n) is 4.19. The average Bonchev–Trinajstić information content (AvgIpc) is 1.97. The van der Waals surface area contributed by atoms with Crippen molar-refractivity contribution >= 4 is 5.97 Å². The summed E-state index contributed by atoms with van der Waals surface area (Å²) in [5.41, 5.74) is 5.41. The highest BCUT2D eigenvalue weighted by molar-refractivity contribution is 5.66. The summed E-state index contributed by atoms with van der Waals surface area (Å²) in [4.78, 5) is 10.1. The van der Waals surface area contributed by atoms with E-state index in [-0.39, 0.29) is 12.5 Å². The van der Waals surface area contributed by atoms with Crippen LogP contribution in [0.25, 0.3) is 0 Å². The van der Waals surface area contributed by atoms with Gasteiger partial charge in [0.15, 0.2) is 0 Å². The predicted octanol–water partition coefficient (Wildman–Crippen LogP) is 0.339. The van der Waals surface area contributed by atoms with Crippen LogP contribution in [0.3, 0.4) is 0 Å². The second kappa shape index (κ2) is 5.97. The monoisotopic (exact) mass is 175 g/mol. The SMILES string of the molecule is C[C@@H](N)[C@@H](O)CCCCC(=O)O. The molecule has 0 amide bonds. The zero-order valence-electron chi connectivity index (χ0n) is 7.36. The van der Waals surface area contributed by atoms with E-state index >= 15 is 0 Å². The van der Waals surface area contributed by atoms with E-state index in [1.807, 2.05) is 0 Å². The molecule has 0 rings (SSSR count). The van der Waals surface area contributed by atoms with Crippen molar-refractivity contribution in [2.75, 3.05) is 0 Å². The number of hydrogen-bond donors (Lipinski definition) is 3. The van der Waals surface area contributed by atoms with Gasteiger partial charge in [-0.1, -0.05) is 6.42 Å². The van der Waals surface area contributed by atoms with E-state index in [0.717, 1.165) is 6.42 Å². The largest absolute Gasteiger partial charge is 0.481 e. The number of carboxylic acids is 1. The Morgan fingerprint density at radius 1 is 1.50 bits per heavy atom. The molecule has 0 aromatic carbocycles. The molecule has 4 nitrogen and oxygen atoms in total. The Labute approximate surface area is 72.4 Å². The third kappa shape index (κ3) is 6.12. The van der Waals surface area contributed by atoms with E-state index in [2.05, 4.69) is 0 Å². The van der Waals surface area contributed by atoms with E-state index in [0.29, 0.717) is 12.8 Å². The first-order valence-corrected chi connectivity index (χ1v) is 4.19. The minimum Gasteiger partial charge on any atom is -0.481 e. The van der Waals surface area contributed by atoms with Gasteiger partial charge in [0.05, 0.1) is 6.10 Å². The summed E-state index contributed by atoms with van der Waals surface area (Å²) < 4.78 is 0. The zero-order valence-corrected chi connectivity index (χ0v) is 7.36. The minimum atomic E-state index is -0.787. The lowest BCUT2D eigenvalue weighted by atomic mass is 10.1. The van der Waals surface area contributed by atoms with E-state index in [1.165, 1.54) is 0 Å². The Balaban J connectivity index is 3.25. The van der Waals surface area contributed by atoms with Crippen LogP contribution in [-0.4, -0.2) is 28.3 Å². The van der Waals surface area contributed by atoms with Crippen molar-refractivity contribution in [1.29, 1.82) is 0 Å². The van der Waals surface area contributed by atoms with Crippen molar-refractivity contribution in [2.24, 2.45) is 5.73 Å². The van der Waals surface area contributed by atoms with Gasteiger partial charge in [-0.05, 0) is 19.8 Å². The lowest BCUT2D eigenvalue weighted by Gasteiger charge is -2.13. The van der Waals surface area contributed by atoms with Gasteiger partial charge in [-0.15, -0.1) is 0 Å². The van der Waals surface area contributed by atoms with E-state index in [4.69, 9.17) is 10.8 Å². The summed E-state index contributed by atoms with van der Waals surface area (Å²) in [5.74, 6) is -0.787. The average molecular weight is 175 g/mol. The smallest absolute Gasteiger partial charge is 0.303 e. The Kier molecular flexibility index (Phi) is 5.66. The second-order valence-electron chi connectivity index (χ2n) is 3.07. The molecule has 0 unspecified atom stereocenters. The first-order chi connectivity index (χ1) is 5.54. The molecule has 0 fully saturated rings. The Hall–Kier alpha value is -0.610. The van der Waals surface area contributed by atoms with Crippen molar-refractivity contribution in [3.8, 4) is 0 Å². The van der Waals surface area contributed by atoms with Crippen molar-refractivity contribution in [3.63, 3.8) is 0 Å². The van der Waals surface area contributed by atoms with E-state index in [1.54, 1.807) is 6.92 Å². The van der Waals surface area contributed by atoms with Crippen molar-refractivity contribution in [3.05, 3.63) is 0 Å². The topological polar surface area (TPSA) is 83.5 Å². The summed E-state index contributed by atoms with van der Waals surface area (Å²) in [6.45, 7) is 1.74. The highest BCUT2D eigenvalue weighted by atomic mass is 16.4. The van der Waals surface area contributed by atoms with Crippen LogP contribution in [0.2, 0.25) is 0 Å². The number of aliphatic hydroxyl groups is 1. The first kappa shape index (κ1) is 11.4. The summed E-state index contributed by atoms with van der Waals surface area (Å²) >= 11 is 0. The summed E-state index contributed by atoms with van der Waals surface area (Å²) in [6, 6.07) is -0.227. The Morgan fingerprint density at radius 2 is 2.08 bits per heavy atom. The molecule has 0 aromatic rings. The molecule has 0 aliphatic rings. The van der Waals surface area contributed by atoms with E-state index < -0.39 is 12.1 Å². The molecule has 12 heavy (non-hydrogen) atoms. The molecule has 4 heteroatoms. The quantitative estimate of drug-likeness (QED) is 0.508. The van der Waals surface area contributed by atoms with Gasteiger partial charge in [0, 0.05) is 12.5 Å². The fourth-order valence-electron chi connectivity index (χ4n) is 0.893. The standard InChI is InChI=1S/C8H17NO3/c1-6(9)7(10)4-2-3-5-8(11)12/h6-7,10H,2-5,9H2,1H3,(H,11,12)/t6-,7+/m1/s1. The third-order valence-electron chi connectivity index (χ3n) is 1.75. The number of nitrogens with two attached hydrogens (primary N) is 1. The molecule has 0 bridgehead atoms. The predicted molar refractivity (Wildman–Crippen MR) is 45.8 cm³/mol. The van der Waals surface area contributed by atoms with Gasteiger partial charge >= 0.3 is 5.97 Å². The van der Waals surface area contributed by atoms with Gasteiger partial charge in [-0.25, -0.2) is 0 Å². The van der Waals surface area contributed by atoms with Gasteiger partial charge in [-0.2, -0.15) is 0 Å². The van der Waals surface area contributed by atoms with E-state index in [9.17, 15) is 9.90 Å². The van der Waals surface area contributed by atoms with Gasteiger partial charge in [0.2, 0.25) is 0 Å². The molecule has 0 aliphatic heterocycles. The van der Waals surface area contributed by atoms with Crippen LogP contribution in [0, 0.1) is 0 Å². The number of aliphatic carboxylic acids is 1. The lowest BCUT2D eigenvalue weighted by Crippen LogP contribution is -2.31. The third-order valence-corrected chi connectivity index (χ3v) is 1.75. The summed E-state index contributed by atoms with van der Waals surface area (Å²) in [6.07, 6.45) is 1.59. The molecule has 0 spiro atoms. The van der Waals surface area contributed by atoms with Gasteiger partial charge in [0.25, 0.3) is 0 Å². The second-order valence-corrected chi connectivity index (χ2v) is 3.07. The molecule has 0 aromatic heterocycles. The molecular weight excluding hydrogens is 158 g/mol. The van der Waals surface area contributed by atoms with Crippen molar-refractivity contribution in [1.82, 2.24) is 0 Å². The number of carbonyl (C=O) groups is 1. The number of rotatable bonds is 6. The number of unbranched alkanes of at least 4 members (excludes halogenated alkanes) is 1. The molecule has 0 heterocycles. The van der Waals surface area contributed by atoms with Crippen LogP contribution in [0.1, 0.15) is 32.6 Å². The van der Waals surface area contributed by atoms with Gasteiger partial charge in [0.1, 0.15) is 0 Å². The number of carboxylic acid groups (broad SMARTS) is 1. The zero-order chi connectivity index (χ0) is 9.56. The normalized spacial score (nSPS) is 15.6. The fourth-order valence-corrected chi connectivity index (χ4v) is 0.893. The maximum Gasteiger partial charge on any atom is 0.303 e. The highest BCUT2D eigenvalue weighted by Crippen LogP contribution is 2.05. The molecule has 0 saturated heterocycles. The highest BCUT2D eigenvalue weighted by Gasteiger charge is 2.08. The van der Waals surface area contributed by atoms with Crippen LogP contribution in [0.5, 0.6) is 0 Å². The fraction of sp³-hybridized carbons (Fsp3) is 0.875. The number of hydrogen-bond acceptors (Lipinski definition) is 3. The van der Waals surface area contributed by atoms with Crippen LogP contribution < -0.4 is 5.73 Å². The Bertz CT molecular complexity index is 136.